The van der Waals surface area contributed by atoms with E-state index in [1.165, 1.54) is 0 Å². The van der Waals surface area contributed by atoms with Crippen LogP contribution in [0.5, 0.6) is 0 Å². The van der Waals surface area contributed by atoms with Gasteiger partial charge in [-0.15, -0.1) is 0 Å². The Bertz CT molecular complexity index is 71.6. The van der Waals surface area contributed by atoms with Crippen LogP contribution in [0.15, 0.2) is 0 Å². The average molecular weight is 128 g/mol. The van der Waals surface area contributed by atoms with Crippen molar-refractivity contribution in [3.8, 4) is 0 Å². The second kappa shape index (κ2) is 1.95. The van der Waals surface area contributed by atoms with Crippen LogP contribution in [0.25, 0.3) is 0 Å². The molecule has 0 saturated carbocycles. The maximum absolute atomic E-state index is 9.17. The highest BCUT2D eigenvalue weighted by Gasteiger charge is 1.77. The Morgan fingerprint density at radius 1 is 1.67 bits per heavy atom. The van der Waals surface area contributed by atoms with Gasteiger partial charge in [-0.2, -0.15) is 0 Å². The van der Waals surface area contributed by atoms with E-state index in [0.29, 0.717) is 0 Å². The monoisotopic (exact) mass is 128 g/mol. The van der Waals surface area contributed by atoms with Crippen molar-refractivity contribution in [3.63, 3.8) is 0 Å². The zero-order chi connectivity index (χ0) is 5.21. The summed E-state index contributed by atoms with van der Waals surface area (Å²) < 4.78 is 12.2. The molecule has 0 aromatic heterocycles. The number of phosphoric acid groups is 1. The second-order valence-electron chi connectivity index (χ2n) is 0.529. The van der Waals surface area contributed by atoms with E-state index in [-0.39, 0.29) is 0 Å². The van der Waals surface area contributed by atoms with Gasteiger partial charge in [-0.3, -0.25) is 3.97 Å². The minimum absolute atomic E-state index is 2.71. The SMILES string of the molecule is O=P([O-])([O-])OS. The van der Waals surface area contributed by atoms with Gasteiger partial charge in [0.15, 0.2) is 0 Å². The number of thiol groups is 1. The fourth-order valence-corrected chi connectivity index (χ4v) is 0. The third kappa shape index (κ3) is 4.46. The van der Waals surface area contributed by atoms with Crippen LogP contribution in [-0.2, 0) is 8.54 Å². The molecular formula is HO4PS-2. The summed E-state index contributed by atoms with van der Waals surface area (Å²) in [5.41, 5.74) is 0. The molecule has 0 aliphatic rings. The Hall–Kier alpha value is 0.460. The zero-order valence-corrected chi connectivity index (χ0v) is 4.32. The Labute approximate surface area is 40.0 Å². The molecule has 0 aliphatic heterocycles. The van der Waals surface area contributed by atoms with Crippen molar-refractivity contribution >= 4 is 20.7 Å². The first-order valence-corrected chi connectivity index (χ1v) is 2.74. The van der Waals surface area contributed by atoms with Gasteiger partial charge in [-0.05, 0) is 12.9 Å². The molecule has 0 heterocycles. The van der Waals surface area contributed by atoms with E-state index in [4.69, 9.17) is 0 Å². The quantitative estimate of drug-likeness (QED) is 0.270. The molecule has 0 aromatic rings. The van der Waals surface area contributed by atoms with Crippen molar-refractivity contribution < 1.29 is 18.3 Å². The second-order valence-corrected chi connectivity index (χ2v) is 2.08. The van der Waals surface area contributed by atoms with Crippen molar-refractivity contribution in [2.45, 2.75) is 0 Å². The summed E-state index contributed by atoms with van der Waals surface area (Å²) in [7, 11) is -4.78. The summed E-state index contributed by atoms with van der Waals surface area (Å²) in [5, 5.41) is 0. The van der Waals surface area contributed by atoms with Gasteiger partial charge in [0, 0.05) is 0 Å². The molecule has 0 rings (SSSR count). The lowest BCUT2D eigenvalue weighted by Gasteiger charge is -2.23. The van der Waals surface area contributed by atoms with Gasteiger partial charge in [0.25, 0.3) is 0 Å². The lowest BCUT2D eigenvalue weighted by Crippen LogP contribution is -2.12. The first kappa shape index (κ1) is 6.46. The predicted octanol–water partition coefficient (Wildman–Crippen LogP) is -1.32. The molecule has 6 heteroatoms. The Balaban J connectivity index is 3.48. The van der Waals surface area contributed by atoms with Gasteiger partial charge in [0.05, 0.1) is 7.82 Å². The van der Waals surface area contributed by atoms with E-state index in [1.807, 2.05) is 0 Å². The third-order valence-corrected chi connectivity index (χ3v) is 0.900. The van der Waals surface area contributed by atoms with Crippen LogP contribution in [0.4, 0.5) is 0 Å². The van der Waals surface area contributed by atoms with E-state index in [9.17, 15) is 14.4 Å². The van der Waals surface area contributed by atoms with Crippen LogP contribution in [0.1, 0.15) is 0 Å². The van der Waals surface area contributed by atoms with E-state index >= 15 is 0 Å². The summed E-state index contributed by atoms with van der Waals surface area (Å²) in [4.78, 5) is 18.3. The summed E-state index contributed by atoms with van der Waals surface area (Å²) >= 11 is 2.71. The largest absolute Gasteiger partial charge is 0.789 e. The fraction of sp³-hybridized carbons (Fsp3) is 0. The molecule has 0 aromatic carbocycles. The van der Waals surface area contributed by atoms with Crippen LogP contribution in [0.2, 0.25) is 0 Å². The lowest BCUT2D eigenvalue weighted by atomic mass is 15.8. The van der Waals surface area contributed by atoms with Crippen molar-refractivity contribution in [2.24, 2.45) is 0 Å². The molecule has 0 aliphatic carbocycles. The molecular weight excluding hydrogens is 127 g/mol. The molecule has 38 valence electrons. The molecule has 0 radical (unpaired) electrons. The molecule has 0 fully saturated rings. The van der Waals surface area contributed by atoms with E-state index < -0.39 is 7.82 Å². The highest BCUT2D eigenvalue weighted by molar-refractivity contribution is 7.80. The van der Waals surface area contributed by atoms with Crippen LogP contribution >= 0.6 is 20.7 Å². The molecule has 6 heavy (non-hydrogen) atoms. The Kier molecular flexibility index (Phi) is 2.10. The first-order chi connectivity index (χ1) is 2.56. The standard InChI is InChI=1S/H3O4PS/c1-5(2,3)4-6/h6H,(H2,1,2,3)/p-2. The highest BCUT2D eigenvalue weighted by Crippen LogP contribution is 2.25. The van der Waals surface area contributed by atoms with Crippen molar-refractivity contribution in [1.29, 1.82) is 0 Å². The molecule has 0 saturated heterocycles. The van der Waals surface area contributed by atoms with Crippen molar-refractivity contribution in [3.05, 3.63) is 0 Å². The lowest BCUT2D eigenvalue weighted by molar-refractivity contribution is -0.332. The number of hydrogen-bond donors (Lipinski definition) is 1. The Morgan fingerprint density at radius 3 is 1.83 bits per heavy atom. The fourth-order valence-electron chi connectivity index (χ4n) is 0. The minimum atomic E-state index is -4.78. The van der Waals surface area contributed by atoms with Gasteiger partial charge >= 0.3 is 0 Å². The summed E-state index contributed by atoms with van der Waals surface area (Å²) in [6, 6.07) is 0. The molecule has 0 atom stereocenters. The zero-order valence-electron chi connectivity index (χ0n) is 2.53. The van der Waals surface area contributed by atoms with Gasteiger partial charge in [0.1, 0.15) is 0 Å². The molecule has 0 N–H and O–H groups in total. The highest BCUT2D eigenvalue weighted by atomic mass is 32.1. The van der Waals surface area contributed by atoms with E-state index in [0.717, 1.165) is 0 Å². The molecule has 0 amide bonds. The maximum Gasteiger partial charge on any atom is 0.0760 e. The van der Waals surface area contributed by atoms with Gasteiger partial charge in [-0.25, -0.2) is 0 Å². The maximum atomic E-state index is 9.17. The van der Waals surface area contributed by atoms with Gasteiger partial charge in [0.2, 0.25) is 0 Å². The minimum Gasteiger partial charge on any atom is -0.789 e. The first-order valence-electron chi connectivity index (χ1n) is 0.913. The van der Waals surface area contributed by atoms with Crippen LogP contribution in [0, 0.1) is 0 Å². The predicted molar refractivity (Wildman–Crippen MR) is 17.7 cm³/mol. The molecule has 0 bridgehead atoms. The van der Waals surface area contributed by atoms with E-state index in [1.54, 1.807) is 0 Å². The molecule has 0 spiro atoms. The number of rotatable bonds is 1. The summed E-state index contributed by atoms with van der Waals surface area (Å²) in [5.74, 6) is 0. The molecule has 0 unspecified atom stereocenters. The summed E-state index contributed by atoms with van der Waals surface area (Å²) in [6.07, 6.45) is 0. The summed E-state index contributed by atoms with van der Waals surface area (Å²) in [6.45, 7) is 0. The van der Waals surface area contributed by atoms with Crippen LogP contribution in [0.3, 0.4) is 0 Å². The van der Waals surface area contributed by atoms with Gasteiger partial charge < -0.3 is 14.4 Å². The van der Waals surface area contributed by atoms with Crippen LogP contribution < -0.4 is 9.79 Å². The van der Waals surface area contributed by atoms with E-state index in [2.05, 4.69) is 16.9 Å². The van der Waals surface area contributed by atoms with Gasteiger partial charge in [-0.1, -0.05) is 0 Å². The number of hydrogen-bond acceptors (Lipinski definition) is 5. The van der Waals surface area contributed by atoms with Crippen molar-refractivity contribution in [2.75, 3.05) is 0 Å². The normalized spacial score (nSPS) is 11.8. The molecule has 4 nitrogen and oxygen atoms in total. The smallest absolute Gasteiger partial charge is 0.0760 e. The third-order valence-electron chi connectivity index (χ3n) is 0.100. The topological polar surface area (TPSA) is 72.4 Å². The van der Waals surface area contributed by atoms with Crippen molar-refractivity contribution in [1.82, 2.24) is 0 Å². The Morgan fingerprint density at radius 2 is 1.83 bits per heavy atom. The van der Waals surface area contributed by atoms with Crippen LogP contribution in [-0.4, -0.2) is 0 Å². The average Bonchev–Trinajstić information content (AvgIpc) is 1.35.